The van der Waals surface area contributed by atoms with Crippen molar-refractivity contribution in [2.75, 3.05) is 36.6 Å². The Morgan fingerprint density at radius 3 is 2.26 bits per heavy atom. The van der Waals surface area contributed by atoms with Crippen molar-refractivity contribution in [1.82, 2.24) is 5.32 Å². The summed E-state index contributed by atoms with van der Waals surface area (Å²) in [6, 6.07) is 13.7. The molecule has 2 N–H and O–H groups in total. The van der Waals surface area contributed by atoms with Gasteiger partial charge in [0.1, 0.15) is 0 Å². The molecule has 3 rings (SSSR count). The Hall–Kier alpha value is -3.43. The Bertz CT molecular complexity index is 1040. The first kappa shape index (κ1) is 26.2. The summed E-state index contributed by atoms with van der Waals surface area (Å²) in [5, 5.41) is 5.55. The Labute approximate surface area is 205 Å². The number of carbonyl (C=O) groups excluding carboxylic acids is 3. The lowest BCUT2D eigenvalue weighted by molar-refractivity contribution is -0.148. The average molecular weight is 484 g/mol. The van der Waals surface area contributed by atoms with Gasteiger partial charge in [0.15, 0.2) is 11.8 Å². The normalized spacial score (nSPS) is 16.8. The first-order chi connectivity index (χ1) is 16.8. The largest absolute Gasteiger partial charge is 0.466 e. The highest BCUT2D eigenvalue weighted by atomic mass is 16.7. The number of fused-ring (bicyclic) bond motifs is 1. The SMILES string of the molecule is CCOC(=O)CC1(NC(=O)Nc2ccc(C)cc2)C(=O)N(CC(OCC)OCC)c2ccccc21. The Balaban J connectivity index is 1.98. The van der Waals surface area contributed by atoms with Crippen LogP contribution in [0.3, 0.4) is 0 Å². The molecule has 0 aromatic heterocycles. The maximum absolute atomic E-state index is 14.0. The zero-order valence-electron chi connectivity index (χ0n) is 20.6. The predicted octanol–water partition coefficient (Wildman–Crippen LogP) is 3.71. The second-order valence-electron chi connectivity index (χ2n) is 8.11. The number of hydrogen-bond donors (Lipinski definition) is 2. The number of carbonyl (C=O) groups is 3. The van der Waals surface area contributed by atoms with Crippen molar-refractivity contribution in [3.05, 3.63) is 59.7 Å². The van der Waals surface area contributed by atoms with Crippen molar-refractivity contribution in [1.29, 1.82) is 0 Å². The minimum Gasteiger partial charge on any atom is -0.466 e. The fourth-order valence-electron chi connectivity index (χ4n) is 4.14. The zero-order valence-corrected chi connectivity index (χ0v) is 20.6. The molecule has 1 unspecified atom stereocenters. The molecule has 3 amide bonds. The van der Waals surface area contributed by atoms with E-state index in [1.807, 2.05) is 32.9 Å². The Morgan fingerprint density at radius 2 is 1.63 bits per heavy atom. The number of urea groups is 1. The van der Waals surface area contributed by atoms with Crippen molar-refractivity contribution in [3.63, 3.8) is 0 Å². The van der Waals surface area contributed by atoms with Crippen LogP contribution in [0.2, 0.25) is 0 Å². The summed E-state index contributed by atoms with van der Waals surface area (Å²) >= 11 is 0. The third-order valence-electron chi connectivity index (χ3n) is 5.65. The van der Waals surface area contributed by atoms with Crippen molar-refractivity contribution >= 4 is 29.3 Å². The van der Waals surface area contributed by atoms with Crippen LogP contribution >= 0.6 is 0 Å². The Kier molecular flexibility index (Phi) is 8.84. The molecule has 9 heteroatoms. The molecule has 0 spiro atoms. The molecule has 1 aliphatic heterocycles. The van der Waals surface area contributed by atoms with Crippen LogP contribution in [0.1, 0.15) is 38.3 Å². The van der Waals surface area contributed by atoms with E-state index in [2.05, 4.69) is 10.6 Å². The maximum Gasteiger partial charge on any atom is 0.320 e. The number of benzene rings is 2. The lowest BCUT2D eigenvalue weighted by Gasteiger charge is -2.30. The zero-order chi connectivity index (χ0) is 25.4. The molecular weight excluding hydrogens is 450 g/mol. The van der Waals surface area contributed by atoms with E-state index in [1.54, 1.807) is 43.3 Å². The first-order valence-corrected chi connectivity index (χ1v) is 11.8. The highest BCUT2D eigenvalue weighted by Crippen LogP contribution is 2.43. The van der Waals surface area contributed by atoms with Gasteiger partial charge in [0, 0.05) is 24.5 Å². The molecule has 0 bridgehead atoms. The second kappa shape index (κ2) is 11.8. The van der Waals surface area contributed by atoms with E-state index in [-0.39, 0.29) is 19.6 Å². The van der Waals surface area contributed by atoms with Crippen molar-refractivity contribution in [3.8, 4) is 0 Å². The standard InChI is InChI=1S/C26H33N3O6/c1-5-33-22(30)16-26(28-25(32)27-19-14-12-18(4)13-15-19)20-10-8-9-11-21(20)29(24(26)31)17-23(34-6-2)35-7-3/h8-15,23H,5-7,16-17H2,1-4H3,(H2,27,28,32). The highest BCUT2D eigenvalue weighted by Gasteiger charge is 2.54. The van der Waals surface area contributed by atoms with Gasteiger partial charge < -0.3 is 29.7 Å². The van der Waals surface area contributed by atoms with Crippen molar-refractivity contribution < 1.29 is 28.6 Å². The number of esters is 1. The molecule has 188 valence electrons. The summed E-state index contributed by atoms with van der Waals surface area (Å²) in [6.45, 7) is 8.37. The van der Waals surface area contributed by atoms with Gasteiger partial charge in [-0.1, -0.05) is 35.9 Å². The molecule has 0 aliphatic carbocycles. The highest BCUT2D eigenvalue weighted by molar-refractivity contribution is 6.11. The van der Waals surface area contributed by atoms with Crippen LogP contribution in [0.5, 0.6) is 0 Å². The number of nitrogens with one attached hydrogen (secondary N) is 2. The fraction of sp³-hybridized carbons (Fsp3) is 0.423. The van der Waals surface area contributed by atoms with Crippen molar-refractivity contribution in [2.45, 2.75) is 45.9 Å². The molecule has 1 atom stereocenters. The van der Waals surface area contributed by atoms with Crippen molar-refractivity contribution in [2.24, 2.45) is 0 Å². The van der Waals surface area contributed by atoms with E-state index < -0.39 is 29.7 Å². The fourth-order valence-corrected chi connectivity index (χ4v) is 4.14. The molecule has 0 radical (unpaired) electrons. The molecule has 9 nitrogen and oxygen atoms in total. The topological polar surface area (TPSA) is 106 Å². The summed E-state index contributed by atoms with van der Waals surface area (Å²) in [4.78, 5) is 41.2. The van der Waals surface area contributed by atoms with Gasteiger partial charge in [-0.2, -0.15) is 0 Å². The van der Waals surface area contributed by atoms with Crippen LogP contribution < -0.4 is 15.5 Å². The van der Waals surface area contributed by atoms with Gasteiger partial charge in [-0.25, -0.2) is 4.79 Å². The summed E-state index contributed by atoms with van der Waals surface area (Å²) in [6.07, 6.45) is -1.02. The molecule has 35 heavy (non-hydrogen) atoms. The van der Waals surface area contributed by atoms with Gasteiger partial charge in [-0.3, -0.25) is 9.59 Å². The van der Waals surface area contributed by atoms with Gasteiger partial charge in [-0.15, -0.1) is 0 Å². The van der Waals surface area contributed by atoms with Gasteiger partial charge in [-0.05, 0) is 45.9 Å². The van der Waals surface area contributed by atoms with E-state index in [0.717, 1.165) is 5.56 Å². The number of amides is 3. The number of hydrogen-bond acceptors (Lipinski definition) is 6. The predicted molar refractivity (Wildman–Crippen MR) is 132 cm³/mol. The first-order valence-electron chi connectivity index (χ1n) is 11.8. The lowest BCUT2D eigenvalue weighted by Crippen LogP contribution is -2.56. The molecule has 2 aromatic carbocycles. The van der Waals surface area contributed by atoms with E-state index >= 15 is 0 Å². The number of rotatable bonds is 11. The minimum atomic E-state index is -1.65. The smallest absolute Gasteiger partial charge is 0.320 e. The summed E-state index contributed by atoms with van der Waals surface area (Å²) in [7, 11) is 0. The molecule has 0 saturated heterocycles. The molecule has 0 saturated carbocycles. The summed E-state index contributed by atoms with van der Waals surface area (Å²) < 4.78 is 16.5. The van der Waals surface area contributed by atoms with Crippen LogP contribution in [0.4, 0.5) is 16.2 Å². The van der Waals surface area contributed by atoms with Crippen LogP contribution in [0.25, 0.3) is 0 Å². The van der Waals surface area contributed by atoms with Gasteiger partial charge >= 0.3 is 12.0 Å². The van der Waals surface area contributed by atoms with Crippen LogP contribution in [-0.2, 0) is 29.3 Å². The quantitative estimate of drug-likeness (QED) is 0.373. The number of nitrogens with zero attached hydrogens (tertiary/aromatic N) is 1. The third kappa shape index (κ3) is 5.98. The summed E-state index contributed by atoms with van der Waals surface area (Å²) in [5.41, 5.74) is 1.03. The molecule has 0 fully saturated rings. The lowest BCUT2D eigenvalue weighted by atomic mass is 9.87. The molecule has 1 heterocycles. The Morgan fingerprint density at radius 1 is 0.971 bits per heavy atom. The van der Waals surface area contributed by atoms with E-state index in [1.165, 1.54) is 4.90 Å². The number of anilines is 2. The third-order valence-corrected chi connectivity index (χ3v) is 5.65. The second-order valence-corrected chi connectivity index (χ2v) is 8.11. The van der Waals surface area contributed by atoms with E-state index in [9.17, 15) is 14.4 Å². The molecule has 2 aromatic rings. The average Bonchev–Trinajstić information content (AvgIpc) is 3.04. The number of aryl methyl sites for hydroxylation is 1. The van der Waals surface area contributed by atoms with Gasteiger partial charge in [0.05, 0.1) is 25.3 Å². The molecule has 1 aliphatic rings. The summed E-state index contributed by atoms with van der Waals surface area (Å²) in [5.74, 6) is -1.06. The van der Waals surface area contributed by atoms with E-state index in [0.29, 0.717) is 30.2 Å². The van der Waals surface area contributed by atoms with Crippen LogP contribution in [0, 0.1) is 6.92 Å². The van der Waals surface area contributed by atoms with Crippen LogP contribution in [-0.4, -0.2) is 50.6 Å². The molecular formula is C26H33N3O6. The minimum absolute atomic E-state index is 0.101. The van der Waals surface area contributed by atoms with Gasteiger partial charge in [0.2, 0.25) is 0 Å². The van der Waals surface area contributed by atoms with E-state index in [4.69, 9.17) is 14.2 Å². The van der Waals surface area contributed by atoms with Gasteiger partial charge in [0.25, 0.3) is 5.91 Å². The number of ether oxygens (including phenoxy) is 3. The van der Waals surface area contributed by atoms with Crippen LogP contribution in [0.15, 0.2) is 48.5 Å². The monoisotopic (exact) mass is 483 g/mol. The number of para-hydroxylation sites is 1. The maximum atomic E-state index is 14.0.